The zero-order valence-corrected chi connectivity index (χ0v) is 10.7. The van der Waals surface area contributed by atoms with Gasteiger partial charge in [0.15, 0.2) is 0 Å². The number of ketones is 1. The predicted octanol–water partition coefficient (Wildman–Crippen LogP) is 1.41. The molecule has 1 atom stereocenters. The van der Waals surface area contributed by atoms with Crippen molar-refractivity contribution >= 4 is 17.7 Å². The largest absolute Gasteiger partial charge is 0.468 e. The lowest BCUT2D eigenvalue weighted by Crippen LogP contribution is -2.42. The fourth-order valence-electron chi connectivity index (χ4n) is 2.23. The maximum Gasteiger partial charge on any atom is 0.330 e. The molecule has 0 spiro atoms. The number of hydrogen-bond acceptors (Lipinski definition) is 5. The fourth-order valence-corrected chi connectivity index (χ4v) is 2.23. The summed E-state index contributed by atoms with van der Waals surface area (Å²) in [5.74, 6) is -1.12. The molecule has 0 aromatic rings. The SMILES string of the molecule is COC(=O)/C=C/CC1(C(=O)OC)CCCCC1=O. The van der Waals surface area contributed by atoms with Crippen molar-refractivity contribution in [1.82, 2.24) is 0 Å². The predicted molar refractivity (Wildman–Crippen MR) is 63.7 cm³/mol. The first-order valence-electron chi connectivity index (χ1n) is 5.93. The van der Waals surface area contributed by atoms with Crippen LogP contribution in [-0.2, 0) is 23.9 Å². The van der Waals surface area contributed by atoms with E-state index in [2.05, 4.69) is 4.74 Å². The minimum absolute atomic E-state index is 0.102. The van der Waals surface area contributed by atoms with Gasteiger partial charge >= 0.3 is 11.9 Å². The summed E-state index contributed by atoms with van der Waals surface area (Å²) in [4.78, 5) is 34.8. The van der Waals surface area contributed by atoms with Crippen LogP contribution in [0.5, 0.6) is 0 Å². The van der Waals surface area contributed by atoms with Crippen LogP contribution in [0.2, 0.25) is 0 Å². The second kappa shape index (κ2) is 6.33. The number of carbonyl (C=O) groups excluding carboxylic acids is 3. The number of Topliss-reactive ketones (excluding diaryl/α,β-unsaturated/α-hetero) is 1. The number of ether oxygens (including phenoxy) is 2. The number of methoxy groups -OCH3 is 2. The van der Waals surface area contributed by atoms with Gasteiger partial charge in [-0.1, -0.05) is 12.5 Å². The molecule has 0 bridgehead atoms. The third-order valence-corrected chi connectivity index (χ3v) is 3.29. The van der Waals surface area contributed by atoms with Crippen LogP contribution < -0.4 is 0 Å². The van der Waals surface area contributed by atoms with Crippen LogP contribution in [0.25, 0.3) is 0 Å². The lowest BCUT2D eigenvalue weighted by atomic mass is 9.70. The quantitative estimate of drug-likeness (QED) is 0.431. The molecule has 0 aromatic carbocycles. The summed E-state index contributed by atoms with van der Waals surface area (Å²) in [6.45, 7) is 0. The number of carbonyl (C=O) groups is 3. The summed E-state index contributed by atoms with van der Waals surface area (Å²) in [6, 6.07) is 0. The molecule has 1 aliphatic carbocycles. The Morgan fingerprint density at radius 3 is 2.56 bits per heavy atom. The highest BCUT2D eigenvalue weighted by Crippen LogP contribution is 2.38. The summed E-state index contributed by atoms with van der Waals surface area (Å²) < 4.78 is 9.20. The molecule has 0 aromatic heterocycles. The monoisotopic (exact) mass is 254 g/mol. The lowest BCUT2D eigenvalue weighted by molar-refractivity contribution is -0.160. The Morgan fingerprint density at radius 2 is 2.00 bits per heavy atom. The van der Waals surface area contributed by atoms with Gasteiger partial charge in [0.2, 0.25) is 0 Å². The van der Waals surface area contributed by atoms with Gasteiger partial charge in [-0.15, -0.1) is 0 Å². The van der Waals surface area contributed by atoms with Crippen molar-refractivity contribution in [2.45, 2.75) is 32.1 Å². The van der Waals surface area contributed by atoms with Gasteiger partial charge in [-0.3, -0.25) is 9.59 Å². The number of allylic oxidation sites excluding steroid dienone is 1. The van der Waals surface area contributed by atoms with Crippen LogP contribution >= 0.6 is 0 Å². The molecular weight excluding hydrogens is 236 g/mol. The topological polar surface area (TPSA) is 69.7 Å². The summed E-state index contributed by atoms with van der Waals surface area (Å²) in [6.07, 6.45) is 5.41. The van der Waals surface area contributed by atoms with E-state index in [0.717, 1.165) is 12.8 Å². The minimum Gasteiger partial charge on any atom is -0.468 e. The molecule has 100 valence electrons. The van der Waals surface area contributed by atoms with E-state index >= 15 is 0 Å². The first-order chi connectivity index (χ1) is 8.56. The van der Waals surface area contributed by atoms with E-state index in [0.29, 0.717) is 12.8 Å². The van der Waals surface area contributed by atoms with E-state index in [9.17, 15) is 14.4 Å². The second-order valence-electron chi connectivity index (χ2n) is 4.33. The Hall–Kier alpha value is -1.65. The summed E-state index contributed by atoms with van der Waals surface area (Å²) >= 11 is 0. The van der Waals surface area contributed by atoms with Gasteiger partial charge < -0.3 is 9.47 Å². The first-order valence-corrected chi connectivity index (χ1v) is 5.93. The van der Waals surface area contributed by atoms with Crippen molar-refractivity contribution in [2.75, 3.05) is 14.2 Å². The smallest absolute Gasteiger partial charge is 0.330 e. The van der Waals surface area contributed by atoms with Crippen molar-refractivity contribution < 1.29 is 23.9 Å². The van der Waals surface area contributed by atoms with Gasteiger partial charge in [0.1, 0.15) is 11.2 Å². The fraction of sp³-hybridized carbons (Fsp3) is 0.615. The normalized spacial score (nSPS) is 24.0. The zero-order chi connectivity index (χ0) is 13.6. The van der Waals surface area contributed by atoms with Crippen LogP contribution in [0.1, 0.15) is 32.1 Å². The molecule has 0 amide bonds. The van der Waals surface area contributed by atoms with Crippen LogP contribution in [0.4, 0.5) is 0 Å². The Balaban J connectivity index is 2.85. The van der Waals surface area contributed by atoms with Crippen LogP contribution in [0.15, 0.2) is 12.2 Å². The Kier molecular flexibility index (Phi) is 5.07. The molecule has 1 saturated carbocycles. The van der Waals surface area contributed by atoms with E-state index in [1.807, 2.05) is 0 Å². The van der Waals surface area contributed by atoms with Crippen LogP contribution in [0, 0.1) is 5.41 Å². The molecule has 0 N–H and O–H groups in total. The molecular formula is C13H18O5. The van der Waals surface area contributed by atoms with E-state index in [1.54, 1.807) is 0 Å². The molecule has 5 nitrogen and oxygen atoms in total. The highest BCUT2D eigenvalue weighted by Gasteiger charge is 2.46. The average molecular weight is 254 g/mol. The summed E-state index contributed by atoms with van der Waals surface area (Å²) in [5, 5.41) is 0. The molecule has 1 unspecified atom stereocenters. The number of esters is 2. The average Bonchev–Trinajstić information content (AvgIpc) is 2.39. The van der Waals surface area contributed by atoms with Crippen molar-refractivity contribution in [3.63, 3.8) is 0 Å². The van der Waals surface area contributed by atoms with E-state index in [1.165, 1.54) is 26.4 Å². The van der Waals surface area contributed by atoms with E-state index in [-0.39, 0.29) is 12.2 Å². The summed E-state index contributed by atoms with van der Waals surface area (Å²) in [5.41, 5.74) is -1.11. The van der Waals surface area contributed by atoms with Crippen molar-refractivity contribution in [1.29, 1.82) is 0 Å². The highest BCUT2D eigenvalue weighted by molar-refractivity contribution is 6.04. The van der Waals surface area contributed by atoms with Crippen molar-refractivity contribution in [3.05, 3.63) is 12.2 Å². The molecule has 0 aliphatic heterocycles. The van der Waals surface area contributed by atoms with Gasteiger partial charge in [0.05, 0.1) is 14.2 Å². The van der Waals surface area contributed by atoms with Crippen molar-refractivity contribution in [3.8, 4) is 0 Å². The van der Waals surface area contributed by atoms with Crippen molar-refractivity contribution in [2.24, 2.45) is 5.41 Å². The summed E-state index contributed by atoms with van der Waals surface area (Å²) in [7, 11) is 2.55. The maximum atomic E-state index is 12.0. The molecule has 1 rings (SSSR count). The second-order valence-corrected chi connectivity index (χ2v) is 4.33. The Morgan fingerprint density at radius 1 is 1.28 bits per heavy atom. The standard InChI is InChI=1S/C13H18O5/c1-17-11(15)7-5-9-13(12(16)18-2)8-4-3-6-10(13)14/h5,7H,3-4,6,8-9H2,1-2H3/b7-5+. The molecule has 0 saturated heterocycles. The van der Waals surface area contributed by atoms with Crippen LogP contribution in [-0.4, -0.2) is 31.9 Å². The van der Waals surface area contributed by atoms with Gasteiger partial charge in [-0.25, -0.2) is 4.79 Å². The molecule has 18 heavy (non-hydrogen) atoms. The molecule has 1 fully saturated rings. The Bertz CT molecular complexity index is 362. The van der Waals surface area contributed by atoms with E-state index in [4.69, 9.17) is 4.74 Å². The molecule has 0 radical (unpaired) electrons. The van der Waals surface area contributed by atoms with Gasteiger partial charge in [0.25, 0.3) is 0 Å². The first kappa shape index (κ1) is 14.4. The van der Waals surface area contributed by atoms with Gasteiger partial charge in [0, 0.05) is 12.5 Å². The van der Waals surface area contributed by atoms with E-state index < -0.39 is 17.4 Å². The maximum absolute atomic E-state index is 12.0. The third kappa shape index (κ3) is 2.97. The van der Waals surface area contributed by atoms with Gasteiger partial charge in [-0.2, -0.15) is 0 Å². The molecule has 1 aliphatic rings. The number of rotatable bonds is 4. The minimum atomic E-state index is -1.11. The zero-order valence-electron chi connectivity index (χ0n) is 10.7. The molecule has 0 heterocycles. The lowest BCUT2D eigenvalue weighted by Gasteiger charge is -2.31. The van der Waals surface area contributed by atoms with Gasteiger partial charge in [-0.05, 0) is 19.3 Å². The Labute approximate surface area is 106 Å². The highest BCUT2D eigenvalue weighted by atomic mass is 16.5. The number of hydrogen-bond donors (Lipinski definition) is 0. The molecule has 5 heteroatoms. The third-order valence-electron chi connectivity index (χ3n) is 3.29. The van der Waals surface area contributed by atoms with Crippen LogP contribution in [0.3, 0.4) is 0 Å².